The number of benzene rings is 2. The van der Waals surface area contributed by atoms with Gasteiger partial charge in [0.15, 0.2) is 0 Å². The average molecular weight is 495 g/mol. The van der Waals surface area contributed by atoms with E-state index in [1.807, 2.05) is 62.4 Å². The van der Waals surface area contributed by atoms with Crippen LogP contribution in [0.25, 0.3) is 0 Å². The van der Waals surface area contributed by atoms with Crippen molar-refractivity contribution in [2.24, 2.45) is 0 Å². The van der Waals surface area contributed by atoms with Gasteiger partial charge in [0.1, 0.15) is 5.75 Å². The maximum Gasteiger partial charge on any atom is 0.231 e. The third-order valence-electron chi connectivity index (χ3n) is 5.99. The van der Waals surface area contributed by atoms with Gasteiger partial charge in [0.2, 0.25) is 11.8 Å². The maximum absolute atomic E-state index is 13.3. The number of amides is 1. The highest BCUT2D eigenvalue weighted by molar-refractivity contribution is 9.10. The fourth-order valence-corrected chi connectivity index (χ4v) is 4.26. The number of carbonyl (C=O) groups excluding carboxylic acids is 1. The Hall–Kier alpha value is -2.70. The quantitative estimate of drug-likeness (QED) is 0.483. The number of rotatable bonds is 6. The zero-order valence-corrected chi connectivity index (χ0v) is 19.9. The molecular weight excluding hydrogens is 468 g/mol. The first-order valence-electron chi connectivity index (χ1n) is 10.8. The minimum absolute atomic E-state index is 0.0267. The molecule has 5 nitrogen and oxygen atoms in total. The van der Waals surface area contributed by atoms with E-state index in [9.17, 15) is 4.79 Å². The van der Waals surface area contributed by atoms with Crippen LogP contribution in [0.2, 0.25) is 0 Å². The largest absolute Gasteiger partial charge is 0.439 e. The van der Waals surface area contributed by atoms with Gasteiger partial charge in [-0.15, -0.1) is 0 Å². The SMILES string of the molecule is Cc1ccc(C)c(Oc2ccc(CNC(=O)C3(c4ccc(Br)cc4)CCOCC3)cn2)c1. The van der Waals surface area contributed by atoms with E-state index < -0.39 is 5.41 Å². The molecule has 3 aromatic rings. The second-order valence-electron chi connectivity index (χ2n) is 8.26. The van der Waals surface area contributed by atoms with Crippen LogP contribution in [0.15, 0.2) is 65.3 Å². The van der Waals surface area contributed by atoms with Gasteiger partial charge in [-0.3, -0.25) is 4.79 Å². The molecule has 166 valence electrons. The lowest BCUT2D eigenvalue weighted by Crippen LogP contribution is -2.47. The second-order valence-corrected chi connectivity index (χ2v) is 9.18. The molecule has 2 heterocycles. The Labute approximate surface area is 197 Å². The Balaban J connectivity index is 1.43. The maximum atomic E-state index is 13.3. The zero-order valence-electron chi connectivity index (χ0n) is 18.4. The van der Waals surface area contributed by atoms with Crippen molar-refractivity contribution in [1.82, 2.24) is 10.3 Å². The van der Waals surface area contributed by atoms with E-state index in [0.717, 1.165) is 32.5 Å². The van der Waals surface area contributed by atoms with Gasteiger partial charge in [0.05, 0.1) is 5.41 Å². The fourth-order valence-electron chi connectivity index (χ4n) is 3.99. The van der Waals surface area contributed by atoms with Crippen LogP contribution in [0.4, 0.5) is 0 Å². The molecule has 0 unspecified atom stereocenters. The van der Waals surface area contributed by atoms with Gasteiger partial charge in [0.25, 0.3) is 0 Å². The molecule has 0 atom stereocenters. The van der Waals surface area contributed by atoms with Gasteiger partial charge in [-0.2, -0.15) is 0 Å². The Morgan fingerprint density at radius 3 is 2.53 bits per heavy atom. The van der Waals surface area contributed by atoms with E-state index in [-0.39, 0.29) is 5.91 Å². The molecule has 0 aliphatic carbocycles. The van der Waals surface area contributed by atoms with Gasteiger partial charge >= 0.3 is 0 Å². The standard InChI is InChI=1S/C26H27BrN2O3/c1-18-3-4-19(2)23(15-18)32-24-10-5-20(16-28-24)17-29-25(30)26(11-13-31-14-12-26)21-6-8-22(27)9-7-21/h3-10,15-16H,11-14,17H2,1-2H3,(H,29,30). The number of aryl methyl sites for hydroxylation is 2. The van der Waals surface area contributed by atoms with E-state index in [1.165, 1.54) is 0 Å². The number of aromatic nitrogens is 1. The van der Waals surface area contributed by atoms with Crippen LogP contribution in [0, 0.1) is 13.8 Å². The van der Waals surface area contributed by atoms with Gasteiger partial charge in [-0.1, -0.05) is 46.3 Å². The molecule has 4 rings (SSSR count). The van der Waals surface area contributed by atoms with Crippen LogP contribution in [0.3, 0.4) is 0 Å². The molecule has 1 fully saturated rings. The molecule has 1 N–H and O–H groups in total. The Bertz CT molecular complexity index is 1080. The van der Waals surface area contributed by atoms with Gasteiger partial charge in [-0.05, 0) is 67.1 Å². The summed E-state index contributed by atoms with van der Waals surface area (Å²) in [5.74, 6) is 1.36. The minimum Gasteiger partial charge on any atom is -0.439 e. The number of pyridine rings is 1. The van der Waals surface area contributed by atoms with Crippen LogP contribution >= 0.6 is 15.9 Å². The third kappa shape index (κ3) is 5.03. The van der Waals surface area contributed by atoms with Gasteiger partial charge < -0.3 is 14.8 Å². The molecule has 2 aromatic carbocycles. The van der Waals surface area contributed by atoms with Gasteiger partial charge in [0, 0.05) is 36.5 Å². The summed E-state index contributed by atoms with van der Waals surface area (Å²) in [5, 5.41) is 3.12. The third-order valence-corrected chi connectivity index (χ3v) is 6.52. The zero-order chi connectivity index (χ0) is 22.6. The smallest absolute Gasteiger partial charge is 0.231 e. The van der Waals surface area contributed by atoms with Crippen molar-refractivity contribution < 1.29 is 14.3 Å². The number of ether oxygens (including phenoxy) is 2. The van der Waals surface area contributed by atoms with Crippen LogP contribution in [0.5, 0.6) is 11.6 Å². The van der Waals surface area contributed by atoms with Crippen LogP contribution in [-0.2, 0) is 21.5 Å². The molecule has 0 radical (unpaired) electrons. The lowest BCUT2D eigenvalue weighted by Gasteiger charge is -2.36. The molecule has 6 heteroatoms. The summed E-state index contributed by atoms with van der Waals surface area (Å²) in [6.07, 6.45) is 3.08. The van der Waals surface area contributed by atoms with E-state index in [4.69, 9.17) is 9.47 Å². The monoisotopic (exact) mass is 494 g/mol. The molecule has 0 bridgehead atoms. The first kappa shape index (κ1) is 22.5. The average Bonchev–Trinajstić information content (AvgIpc) is 2.81. The lowest BCUT2D eigenvalue weighted by molar-refractivity contribution is -0.130. The van der Waals surface area contributed by atoms with Crippen molar-refractivity contribution >= 4 is 21.8 Å². The topological polar surface area (TPSA) is 60.5 Å². The second kappa shape index (κ2) is 9.84. The first-order chi connectivity index (χ1) is 15.5. The summed E-state index contributed by atoms with van der Waals surface area (Å²) < 4.78 is 12.5. The Morgan fingerprint density at radius 2 is 1.84 bits per heavy atom. The van der Waals surface area contributed by atoms with Crippen LogP contribution in [0.1, 0.15) is 35.1 Å². The summed E-state index contributed by atoms with van der Waals surface area (Å²) >= 11 is 3.48. The summed E-state index contributed by atoms with van der Waals surface area (Å²) in [6.45, 7) is 5.61. The summed E-state index contributed by atoms with van der Waals surface area (Å²) in [4.78, 5) is 17.8. The summed E-state index contributed by atoms with van der Waals surface area (Å²) in [7, 11) is 0. The Morgan fingerprint density at radius 1 is 1.09 bits per heavy atom. The number of halogens is 1. The normalized spacial score (nSPS) is 15.2. The van der Waals surface area contributed by atoms with Crippen LogP contribution in [-0.4, -0.2) is 24.1 Å². The van der Waals surface area contributed by atoms with Crippen molar-refractivity contribution in [2.45, 2.75) is 38.6 Å². The molecule has 1 aliphatic rings. The number of nitrogens with one attached hydrogen (secondary N) is 1. The number of carbonyl (C=O) groups is 1. The van der Waals surface area contributed by atoms with Crippen molar-refractivity contribution in [1.29, 1.82) is 0 Å². The van der Waals surface area contributed by atoms with Crippen molar-refractivity contribution in [3.63, 3.8) is 0 Å². The number of hydrogen-bond donors (Lipinski definition) is 1. The fraction of sp³-hybridized carbons (Fsp3) is 0.308. The highest BCUT2D eigenvalue weighted by Gasteiger charge is 2.41. The molecule has 1 aromatic heterocycles. The predicted octanol–water partition coefficient (Wildman–Crippen LogP) is 5.62. The molecule has 1 aliphatic heterocycles. The molecule has 0 saturated carbocycles. The van der Waals surface area contributed by atoms with E-state index in [1.54, 1.807) is 6.20 Å². The minimum atomic E-state index is -0.571. The van der Waals surface area contributed by atoms with E-state index in [0.29, 0.717) is 38.5 Å². The summed E-state index contributed by atoms with van der Waals surface area (Å²) in [6, 6.07) is 17.9. The first-order valence-corrected chi connectivity index (χ1v) is 11.6. The molecular formula is C26H27BrN2O3. The van der Waals surface area contributed by atoms with Crippen LogP contribution < -0.4 is 10.1 Å². The van der Waals surface area contributed by atoms with Crippen molar-refractivity contribution in [2.75, 3.05) is 13.2 Å². The van der Waals surface area contributed by atoms with Gasteiger partial charge in [-0.25, -0.2) is 4.98 Å². The van der Waals surface area contributed by atoms with E-state index >= 15 is 0 Å². The molecule has 32 heavy (non-hydrogen) atoms. The number of hydrogen-bond acceptors (Lipinski definition) is 4. The molecule has 0 spiro atoms. The Kier molecular flexibility index (Phi) is 6.92. The van der Waals surface area contributed by atoms with Crippen molar-refractivity contribution in [3.8, 4) is 11.6 Å². The highest BCUT2D eigenvalue weighted by atomic mass is 79.9. The summed E-state index contributed by atoms with van der Waals surface area (Å²) in [5.41, 5.74) is 3.57. The molecule has 1 amide bonds. The predicted molar refractivity (Wildman–Crippen MR) is 128 cm³/mol. The highest BCUT2D eigenvalue weighted by Crippen LogP contribution is 2.36. The number of nitrogens with zero attached hydrogens (tertiary/aromatic N) is 1. The van der Waals surface area contributed by atoms with Crippen molar-refractivity contribution in [3.05, 3.63) is 87.5 Å². The molecule has 1 saturated heterocycles. The lowest BCUT2D eigenvalue weighted by atomic mass is 9.73. The van der Waals surface area contributed by atoms with E-state index in [2.05, 4.69) is 32.3 Å².